The fraction of sp³-hybridized carbons (Fsp3) is 1.00. The molecule has 11 heavy (non-hydrogen) atoms. The molecule has 0 aromatic heterocycles. The molecule has 1 nitrogen and oxygen atoms in total. The van der Waals surface area contributed by atoms with E-state index >= 15 is 0 Å². The SMILES string of the molecule is CC([O])CCC1CCCCC1. The smallest absolute Gasteiger partial charge is 0.0902 e. The van der Waals surface area contributed by atoms with E-state index in [4.69, 9.17) is 0 Å². The van der Waals surface area contributed by atoms with E-state index in [9.17, 15) is 5.11 Å². The zero-order chi connectivity index (χ0) is 8.10. The molecule has 1 unspecified atom stereocenters. The van der Waals surface area contributed by atoms with Gasteiger partial charge in [-0.25, -0.2) is 5.11 Å². The van der Waals surface area contributed by atoms with E-state index in [1.165, 1.54) is 38.5 Å². The van der Waals surface area contributed by atoms with Gasteiger partial charge in [0, 0.05) is 0 Å². The highest BCUT2D eigenvalue weighted by Gasteiger charge is 2.13. The van der Waals surface area contributed by atoms with E-state index in [0.29, 0.717) is 0 Å². The Hall–Kier alpha value is -0.0400. The molecular formula is C10H19O. The van der Waals surface area contributed by atoms with E-state index in [-0.39, 0.29) is 6.10 Å². The maximum absolute atomic E-state index is 10.8. The van der Waals surface area contributed by atoms with Gasteiger partial charge in [0.2, 0.25) is 0 Å². The van der Waals surface area contributed by atoms with Crippen LogP contribution in [-0.2, 0) is 5.11 Å². The quantitative estimate of drug-likeness (QED) is 0.596. The Balaban J connectivity index is 2.05. The van der Waals surface area contributed by atoms with Gasteiger partial charge >= 0.3 is 0 Å². The third kappa shape index (κ3) is 3.76. The first-order chi connectivity index (χ1) is 5.29. The van der Waals surface area contributed by atoms with Crippen LogP contribution in [0.1, 0.15) is 51.9 Å². The van der Waals surface area contributed by atoms with Gasteiger partial charge < -0.3 is 0 Å². The molecule has 0 spiro atoms. The van der Waals surface area contributed by atoms with E-state index < -0.39 is 0 Å². The van der Waals surface area contributed by atoms with Crippen molar-refractivity contribution in [2.45, 2.75) is 58.0 Å². The Morgan fingerprint density at radius 1 is 1.27 bits per heavy atom. The van der Waals surface area contributed by atoms with Crippen molar-refractivity contribution in [3.8, 4) is 0 Å². The lowest BCUT2D eigenvalue weighted by atomic mass is 9.85. The predicted octanol–water partition coefficient (Wildman–Crippen LogP) is 3.17. The normalized spacial score (nSPS) is 23.5. The second-order valence-corrected chi connectivity index (χ2v) is 3.89. The van der Waals surface area contributed by atoms with Crippen LogP contribution in [-0.4, -0.2) is 6.10 Å². The zero-order valence-electron chi connectivity index (χ0n) is 7.51. The molecule has 0 aromatic carbocycles. The van der Waals surface area contributed by atoms with Gasteiger partial charge in [0.15, 0.2) is 0 Å². The van der Waals surface area contributed by atoms with Gasteiger partial charge in [0.05, 0.1) is 6.10 Å². The summed E-state index contributed by atoms with van der Waals surface area (Å²) in [5.74, 6) is 0.889. The van der Waals surface area contributed by atoms with Gasteiger partial charge in [0.1, 0.15) is 0 Å². The molecule has 0 aliphatic heterocycles. The molecule has 1 rings (SSSR count). The van der Waals surface area contributed by atoms with Gasteiger partial charge in [0.25, 0.3) is 0 Å². The van der Waals surface area contributed by atoms with Crippen molar-refractivity contribution >= 4 is 0 Å². The molecular weight excluding hydrogens is 136 g/mol. The summed E-state index contributed by atoms with van der Waals surface area (Å²) in [6, 6.07) is 0. The first kappa shape index (κ1) is 9.05. The summed E-state index contributed by atoms with van der Waals surface area (Å²) in [5, 5.41) is 10.8. The molecule has 0 aromatic rings. The van der Waals surface area contributed by atoms with Crippen LogP contribution >= 0.6 is 0 Å². The first-order valence-electron chi connectivity index (χ1n) is 4.95. The molecule has 1 aliphatic rings. The summed E-state index contributed by atoms with van der Waals surface area (Å²) in [7, 11) is 0. The number of rotatable bonds is 3. The minimum atomic E-state index is -0.336. The molecule has 0 N–H and O–H groups in total. The minimum absolute atomic E-state index is 0.336. The summed E-state index contributed by atoms with van der Waals surface area (Å²) in [4.78, 5) is 0. The molecule has 1 fully saturated rings. The van der Waals surface area contributed by atoms with Gasteiger partial charge in [-0.2, -0.15) is 0 Å². The van der Waals surface area contributed by atoms with E-state index in [2.05, 4.69) is 0 Å². The molecule has 0 heterocycles. The fourth-order valence-corrected chi connectivity index (χ4v) is 1.95. The van der Waals surface area contributed by atoms with Crippen LogP contribution in [0.5, 0.6) is 0 Å². The first-order valence-corrected chi connectivity index (χ1v) is 4.95. The Bertz CT molecular complexity index is 93.0. The summed E-state index contributed by atoms with van der Waals surface area (Å²) < 4.78 is 0. The molecule has 1 atom stereocenters. The monoisotopic (exact) mass is 155 g/mol. The van der Waals surface area contributed by atoms with Crippen LogP contribution in [0.3, 0.4) is 0 Å². The largest absolute Gasteiger partial charge is 0.233 e. The van der Waals surface area contributed by atoms with Crippen molar-refractivity contribution in [3.05, 3.63) is 0 Å². The maximum Gasteiger partial charge on any atom is 0.0902 e. The van der Waals surface area contributed by atoms with Crippen molar-refractivity contribution < 1.29 is 5.11 Å². The zero-order valence-corrected chi connectivity index (χ0v) is 7.51. The van der Waals surface area contributed by atoms with Crippen LogP contribution in [0.4, 0.5) is 0 Å². The predicted molar refractivity (Wildman–Crippen MR) is 46.0 cm³/mol. The Morgan fingerprint density at radius 2 is 1.91 bits per heavy atom. The number of hydrogen-bond acceptors (Lipinski definition) is 0. The molecule has 65 valence electrons. The van der Waals surface area contributed by atoms with Crippen molar-refractivity contribution in [1.82, 2.24) is 0 Å². The van der Waals surface area contributed by atoms with Crippen LogP contribution in [0, 0.1) is 5.92 Å². The second-order valence-electron chi connectivity index (χ2n) is 3.89. The van der Waals surface area contributed by atoms with Gasteiger partial charge in [-0.05, 0) is 25.7 Å². The van der Waals surface area contributed by atoms with E-state index in [1.54, 1.807) is 6.92 Å². The average molecular weight is 155 g/mol. The van der Waals surface area contributed by atoms with Crippen molar-refractivity contribution in [2.24, 2.45) is 5.92 Å². The molecule has 1 saturated carbocycles. The lowest BCUT2D eigenvalue weighted by Gasteiger charge is -2.21. The Kier molecular flexibility index (Phi) is 3.92. The highest BCUT2D eigenvalue weighted by molar-refractivity contribution is 4.66. The van der Waals surface area contributed by atoms with Crippen LogP contribution in [0.2, 0.25) is 0 Å². The van der Waals surface area contributed by atoms with Crippen molar-refractivity contribution in [3.63, 3.8) is 0 Å². The van der Waals surface area contributed by atoms with E-state index in [1.807, 2.05) is 0 Å². The maximum atomic E-state index is 10.8. The molecule has 1 radical (unpaired) electrons. The highest BCUT2D eigenvalue weighted by Crippen LogP contribution is 2.27. The third-order valence-electron chi connectivity index (χ3n) is 2.71. The van der Waals surface area contributed by atoms with Gasteiger partial charge in [-0.3, -0.25) is 0 Å². The molecule has 1 aliphatic carbocycles. The Labute approximate surface area is 69.8 Å². The van der Waals surface area contributed by atoms with Gasteiger partial charge in [-0.15, -0.1) is 0 Å². The van der Waals surface area contributed by atoms with Crippen molar-refractivity contribution in [1.29, 1.82) is 0 Å². The van der Waals surface area contributed by atoms with Crippen LogP contribution < -0.4 is 0 Å². The lowest BCUT2D eigenvalue weighted by molar-refractivity contribution is 0.0886. The fourth-order valence-electron chi connectivity index (χ4n) is 1.95. The topological polar surface area (TPSA) is 19.9 Å². The summed E-state index contributed by atoms with van der Waals surface area (Å²) in [6.07, 6.45) is 8.73. The van der Waals surface area contributed by atoms with E-state index in [0.717, 1.165) is 12.3 Å². The van der Waals surface area contributed by atoms with Crippen LogP contribution in [0.25, 0.3) is 0 Å². The molecule has 1 heteroatoms. The second kappa shape index (κ2) is 4.76. The van der Waals surface area contributed by atoms with Crippen LogP contribution in [0.15, 0.2) is 0 Å². The average Bonchev–Trinajstić information content (AvgIpc) is 2.03. The summed E-state index contributed by atoms with van der Waals surface area (Å²) >= 11 is 0. The van der Waals surface area contributed by atoms with Gasteiger partial charge in [-0.1, -0.05) is 32.1 Å². The lowest BCUT2D eigenvalue weighted by Crippen LogP contribution is -2.09. The standard InChI is InChI=1S/C10H19O/c1-9(11)7-8-10-5-3-2-4-6-10/h9-10H,2-8H2,1H3. The van der Waals surface area contributed by atoms with Crippen molar-refractivity contribution in [2.75, 3.05) is 0 Å². The minimum Gasteiger partial charge on any atom is -0.233 e. The molecule has 0 saturated heterocycles. The molecule has 0 bridgehead atoms. The third-order valence-corrected chi connectivity index (χ3v) is 2.71. The molecule has 0 amide bonds. The highest BCUT2D eigenvalue weighted by atomic mass is 16.3. The summed E-state index contributed by atoms with van der Waals surface area (Å²) in [6.45, 7) is 1.78. The Morgan fingerprint density at radius 3 is 2.45 bits per heavy atom. The number of hydrogen-bond donors (Lipinski definition) is 0. The summed E-state index contributed by atoms with van der Waals surface area (Å²) in [5.41, 5.74) is 0.